The lowest BCUT2D eigenvalue weighted by atomic mass is 10.4. The molecule has 1 unspecified atom stereocenters. The average molecular weight is 246 g/mol. The molecule has 1 aliphatic heterocycles. The van der Waals surface area contributed by atoms with Crippen molar-refractivity contribution in [1.29, 1.82) is 0 Å². The van der Waals surface area contributed by atoms with Crippen molar-refractivity contribution >= 4 is 17.7 Å². The molecule has 94 valence electrons. The molecule has 0 aromatic rings. The number of carbonyl (C=O) groups is 1. The highest BCUT2D eigenvalue weighted by atomic mass is 32.2. The Morgan fingerprint density at radius 1 is 1.50 bits per heavy atom. The predicted octanol–water partition coefficient (Wildman–Crippen LogP) is 0.706. The SMILES string of the molecule is COC(=O)C(N)CSCCCN1CCCC1. The van der Waals surface area contributed by atoms with Gasteiger partial charge in [0.05, 0.1) is 7.11 Å². The van der Waals surface area contributed by atoms with Gasteiger partial charge in [-0.15, -0.1) is 0 Å². The van der Waals surface area contributed by atoms with Gasteiger partial charge in [0, 0.05) is 5.75 Å². The van der Waals surface area contributed by atoms with E-state index in [1.54, 1.807) is 11.8 Å². The summed E-state index contributed by atoms with van der Waals surface area (Å²) in [6.45, 7) is 3.69. The van der Waals surface area contributed by atoms with Gasteiger partial charge in [-0.1, -0.05) is 0 Å². The molecule has 0 aromatic heterocycles. The third-order valence-corrected chi connectivity index (χ3v) is 3.94. The lowest BCUT2D eigenvalue weighted by Crippen LogP contribution is -2.34. The number of methoxy groups -OCH3 is 1. The van der Waals surface area contributed by atoms with Gasteiger partial charge in [0.15, 0.2) is 0 Å². The lowest BCUT2D eigenvalue weighted by Gasteiger charge is -2.14. The lowest BCUT2D eigenvalue weighted by molar-refractivity contribution is -0.141. The van der Waals surface area contributed by atoms with Crippen LogP contribution in [0.4, 0.5) is 0 Å². The van der Waals surface area contributed by atoms with E-state index in [0.717, 1.165) is 5.75 Å². The van der Waals surface area contributed by atoms with Crippen LogP contribution in [-0.2, 0) is 9.53 Å². The molecule has 1 aliphatic rings. The Hall–Kier alpha value is -0.260. The van der Waals surface area contributed by atoms with Gasteiger partial charge in [-0.3, -0.25) is 4.79 Å². The first-order valence-corrected chi connectivity index (χ1v) is 7.03. The highest BCUT2D eigenvalue weighted by molar-refractivity contribution is 7.99. The molecule has 1 atom stereocenters. The van der Waals surface area contributed by atoms with Crippen molar-refractivity contribution in [2.45, 2.75) is 25.3 Å². The summed E-state index contributed by atoms with van der Waals surface area (Å²) in [4.78, 5) is 13.5. The van der Waals surface area contributed by atoms with Crippen LogP contribution in [0.15, 0.2) is 0 Å². The zero-order valence-electron chi connectivity index (χ0n) is 9.98. The van der Waals surface area contributed by atoms with Gasteiger partial charge in [-0.2, -0.15) is 11.8 Å². The fourth-order valence-corrected chi connectivity index (χ4v) is 2.72. The van der Waals surface area contributed by atoms with E-state index >= 15 is 0 Å². The number of likely N-dealkylation sites (tertiary alicyclic amines) is 1. The fourth-order valence-electron chi connectivity index (χ4n) is 1.83. The molecule has 1 rings (SSSR count). The minimum Gasteiger partial charge on any atom is -0.468 e. The first kappa shape index (κ1) is 13.8. The Morgan fingerprint density at radius 2 is 2.19 bits per heavy atom. The molecule has 0 aromatic carbocycles. The second kappa shape index (κ2) is 7.92. The highest BCUT2D eigenvalue weighted by Crippen LogP contribution is 2.10. The van der Waals surface area contributed by atoms with Crippen LogP contribution in [0.25, 0.3) is 0 Å². The van der Waals surface area contributed by atoms with E-state index in [9.17, 15) is 4.79 Å². The maximum Gasteiger partial charge on any atom is 0.323 e. The molecular weight excluding hydrogens is 224 g/mol. The van der Waals surface area contributed by atoms with Crippen molar-refractivity contribution < 1.29 is 9.53 Å². The Bertz CT molecular complexity index is 208. The number of nitrogens with zero attached hydrogens (tertiary/aromatic N) is 1. The van der Waals surface area contributed by atoms with Gasteiger partial charge < -0.3 is 15.4 Å². The molecule has 16 heavy (non-hydrogen) atoms. The van der Waals surface area contributed by atoms with Crippen LogP contribution >= 0.6 is 11.8 Å². The van der Waals surface area contributed by atoms with E-state index in [4.69, 9.17) is 5.73 Å². The van der Waals surface area contributed by atoms with Crippen LogP contribution in [0.5, 0.6) is 0 Å². The number of nitrogens with two attached hydrogens (primary N) is 1. The summed E-state index contributed by atoms with van der Waals surface area (Å²) in [5, 5.41) is 0. The molecule has 4 nitrogen and oxygen atoms in total. The Balaban J connectivity index is 1.92. The third kappa shape index (κ3) is 5.18. The largest absolute Gasteiger partial charge is 0.468 e. The molecule has 5 heteroatoms. The zero-order valence-corrected chi connectivity index (χ0v) is 10.8. The molecule has 1 heterocycles. The van der Waals surface area contributed by atoms with E-state index in [2.05, 4.69) is 9.64 Å². The molecule has 0 spiro atoms. The minimum absolute atomic E-state index is 0.313. The quantitative estimate of drug-likeness (QED) is 0.529. The minimum atomic E-state index is -0.471. The normalized spacial score (nSPS) is 18.6. The number of ether oxygens (including phenoxy) is 1. The second-order valence-electron chi connectivity index (χ2n) is 4.11. The number of hydrogen-bond donors (Lipinski definition) is 1. The van der Waals surface area contributed by atoms with Gasteiger partial charge >= 0.3 is 5.97 Å². The maximum atomic E-state index is 11.0. The van der Waals surface area contributed by atoms with E-state index in [1.807, 2.05) is 0 Å². The average Bonchev–Trinajstić information content (AvgIpc) is 2.80. The second-order valence-corrected chi connectivity index (χ2v) is 5.26. The van der Waals surface area contributed by atoms with Crippen LogP contribution in [-0.4, -0.2) is 55.2 Å². The van der Waals surface area contributed by atoms with E-state index in [-0.39, 0.29) is 5.97 Å². The van der Waals surface area contributed by atoms with Crippen molar-refractivity contribution in [3.63, 3.8) is 0 Å². The number of carbonyl (C=O) groups excluding carboxylic acids is 1. The standard InChI is InChI=1S/C11H22N2O2S/c1-15-11(14)10(12)9-16-8-4-7-13-5-2-3-6-13/h10H,2-9,12H2,1H3. The predicted molar refractivity (Wildman–Crippen MR) is 67.6 cm³/mol. The van der Waals surface area contributed by atoms with E-state index in [0.29, 0.717) is 5.75 Å². The smallest absolute Gasteiger partial charge is 0.323 e. The maximum absolute atomic E-state index is 11.0. The molecule has 2 N–H and O–H groups in total. The zero-order chi connectivity index (χ0) is 11.8. The molecule has 0 saturated carbocycles. The topological polar surface area (TPSA) is 55.6 Å². The highest BCUT2D eigenvalue weighted by Gasteiger charge is 2.13. The summed E-state index contributed by atoms with van der Waals surface area (Å²) in [5.74, 6) is 1.42. The monoisotopic (exact) mass is 246 g/mol. The fraction of sp³-hybridized carbons (Fsp3) is 0.909. The third-order valence-electron chi connectivity index (χ3n) is 2.76. The summed E-state index contributed by atoms with van der Waals surface area (Å²) in [6, 6.07) is -0.471. The van der Waals surface area contributed by atoms with Crippen LogP contribution in [0.1, 0.15) is 19.3 Å². The van der Waals surface area contributed by atoms with Gasteiger partial charge in [-0.25, -0.2) is 0 Å². The number of esters is 1. The first-order valence-electron chi connectivity index (χ1n) is 5.87. The molecule has 0 aliphatic carbocycles. The van der Waals surface area contributed by atoms with Crippen molar-refractivity contribution in [3.05, 3.63) is 0 Å². The van der Waals surface area contributed by atoms with Gasteiger partial charge in [-0.05, 0) is 44.6 Å². The Labute approximate surface area is 102 Å². The van der Waals surface area contributed by atoms with Crippen LogP contribution < -0.4 is 5.73 Å². The summed E-state index contributed by atoms with van der Waals surface area (Å²) >= 11 is 1.74. The van der Waals surface area contributed by atoms with Crippen molar-refractivity contribution in [3.8, 4) is 0 Å². The summed E-state index contributed by atoms with van der Waals surface area (Å²) in [6.07, 6.45) is 3.87. The summed E-state index contributed by atoms with van der Waals surface area (Å²) in [5.41, 5.74) is 5.63. The summed E-state index contributed by atoms with van der Waals surface area (Å²) < 4.78 is 4.56. The molecule has 0 bridgehead atoms. The molecule has 1 fully saturated rings. The van der Waals surface area contributed by atoms with Crippen LogP contribution in [0.3, 0.4) is 0 Å². The van der Waals surface area contributed by atoms with E-state index in [1.165, 1.54) is 46.0 Å². The molecule has 0 amide bonds. The van der Waals surface area contributed by atoms with Crippen molar-refractivity contribution in [2.75, 3.05) is 38.2 Å². The molecular formula is C11H22N2O2S. The van der Waals surface area contributed by atoms with Gasteiger partial charge in [0.25, 0.3) is 0 Å². The Morgan fingerprint density at radius 3 is 2.81 bits per heavy atom. The molecule has 1 saturated heterocycles. The van der Waals surface area contributed by atoms with Gasteiger partial charge in [0.1, 0.15) is 6.04 Å². The molecule has 0 radical (unpaired) electrons. The van der Waals surface area contributed by atoms with Crippen LogP contribution in [0, 0.1) is 0 Å². The van der Waals surface area contributed by atoms with Gasteiger partial charge in [0.2, 0.25) is 0 Å². The van der Waals surface area contributed by atoms with Crippen molar-refractivity contribution in [2.24, 2.45) is 5.73 Å². The van der Waals surface area contributed by atoms with E-state index < -0.39 is 6.04 Å². The van der Waals surface area contributed by atoms with Crippen molar-refractivity contribution in [1.82, 2.24) is 4.90 Å². The van der Waals surface area contributed by atoms with Crippen LogP contribution in [0.2, 0.25) is 0 Å². The first-order chi connectivity index (χ1) is 7.74. The number of thioether (sulfide) groups is 1. The summed E-state index contributed by atoms with van der Waals surface area (Å²) in [7, 11) is 1.38. The Kier molecular flexibility index (Phi) is 6.84. The number of hydrogen-bond acceptors (Lipinski definition) is 5. The number of rotatable bonds is 7.